The first kappa shape index (κ1) is 15.1. The van der Waals surface area contributed by atoms with E-state index in [9.17, 15) is 0 Å². The number of hydrogen-bond acceptors (Lipinski definition) is 4. The van der Waals surface area contributed by atoms with Gasteiger partial charge in [-0.05, 0) is 20.8 Å². The molecule has 21 heavy (non-hydrogen) atoms. The van der Waals surface area contributed by atoms with Crippen LogP contribution in [-0.2, 0) is 13.1 Å². The minimum atomic E-state index is 0.644. The zero-order valence-electron chi connectivity index (χ0n) is 13.0. The third-order valence-corrected chi connectivity index (χ3v) is 3.41. The summed E-state index contributed by atoms with van der Waals surface area (Å²) in [6.07, 6.45) is 3.77. The fourth-order valence-corrected chi connectivity index (χ4v) is 2.08. The van der Waals surface area contributed by atoms with Crippen LogP contribution in [0.1, 0.15) is 22.8 Å². The largest absolute Gasteiger partial charge is 0.361 e. The van der Waals surface area contributed by atoms with Crippen molar-refractivity contribution in [2.24, 2.45) is 4.99 Å². The van der Waals surface area contributed by atoms with Crippen LogP contribution in [0.4, 0.5) is 0 Å². The highest BCUT2D eigenvalue weighted by molar-refractivity contribution is 5.79. The lowest BCUT2D eigenvalue weighted by Gasteiger charge is -2.12. The average Bonchev–Trinajstić information content (AvgIpc) is 3.01. The van der Waals surface area contributed by atoms with E-state index in [4.69, 9.17) is 4.52 Å². The quantitative estimate of drug-likeness (QED) is 0.638. The molecule has 0 aliphatic rings. The van der Waals surface area contributed by atoms with Crippen molar-refractivity contribution >= 4 is 5.96 Å². The summed E-state index contributed by atoms with van der Waals surface area (Å²) in [6.45, 7) is 8.10. The van der Waals surface area contributed by atoms with Crippen molar-refractivity contribution in [1.29, 1.82) is 0 Å². The topological polar surface area (TPSA) is 80.3 Å². The van der Waals surface area contributed by atoms with Crippen LogP contribution in [0.3, 0.4) is 0 Å². The molecule has 0 atom stereocenters. The van der Waals surface area contributed by atoms with Crippen LogP contribution in [0.25, 0.3) is 0 Å². The lowest BCUT2D eigenvalue weighted by Crippen LogP contribution is -2.38. The molecule has 0 saturated carbocycles. The van der Waals surface area contributed by atoms with Crippen molar-refractivity contribution in [3.8, 4) is 0 Å². The number of rotatable bonds is 5. The maximum Gasteiger partial charge on any atom is 0.191 e. The Balaban J connectivity index is 1.80. The van der Waals surface area contributed by atoms with Gasteiger partial charge >= 0.3 is 0 Å². The van der Waals surface area contributed by atoms with Crippen LogP contribution in [0.15, 0.2) is 21.9 Å². The maximum atomic E-state index is 5.14. The zero-order chi connectivity index (χ0) is 15.2. The predicted molar refractivity (Wildman–Crippen MR) is 81.1 cm³/mol. The first-order valence-corrected chi connectivity index (χ1v) is 6.95. The van der Waals surface area contributed by atoms with Gasteiger partial charge in [-0.1, -0.05) is 5.16 Å². The van der Waals surface area contributed by atoms with E-state index in [1.54, 1.807) is 13.2 Å². The van der Waals surface area contributed by atoms with Crippen LogP contribution >= 0.6 is 0 Å². The Morgan fingerprint density at radius 1 is 1.33 bits per heavy atom. The van der Waals surface area contributed by atoms with Crippen LogP contribution in [0.5, 0.6) is 0 Å². The summed E-state index contributed by atoms with van der Waals surface area (Å²) in [5, 5.41) is 10.5. The Kier molecular flexibility index (Phi) is 4.97. The van der Waals surface area contributed by atoms with Crippen molar-refractivity contribution in [2.45, 2.75) is 33.9 Å². The second-order valence-electron chi connectivity index (χ2n) is 4.82. The molecular weight excluding hydrogens is 268 g/mol. The molecule has 0 aliphatic heterocycles. The molecule has 2 aromatic heterocycles. The molecule has 0 unspecified atom stereocenters. The van der Waals surface area contributed by atoms with E-state index < -0.39 is 0 Å². The van der Waals surface area contributed by atoms with Gasteiger partial charge in [-0.25, -0.2) is 4.98 Å². The number of nitrogens with one attached hydrogen (secondary N) is 2. The van der Waals surface area contributed by atoms with Gasteiger partial charge in [0.25, 0.3) is 0 Å². The average molecular weight is 290 g/mol. The fraction of sp³-hybridized carbons (Fsp3) is 0.500. The highest BCUT2D eigenvalue weighted by Gasteiger charge is 2.09. The molecule has 2 heterocycles. The van der Waals surface area contributed by atoms with Gasteiger partial charge in [0, 0.05) is 44.6 Å². The number of nitrogens with zero attached hydrogens (tertiary/aromatic N) is 4. The Morgan fingerprint density at radius 3 is 2.71 bits per heavy atom. The molecule has 0 bridgehead atoms. The maximum absolute atomic E-state index is 5.14. The SMILES string of the molecule is CN=C(NCCn1ccnc1C)NCc1c(C)noc1C. The summed E-state index contributed by atoms with van der Waals surface area (Å²) in [5.74, 6) is 2.60. The van der Waals surface area contributed by atoms with E-state index in [-0.39, 0.29) is 0 Å². The summed E-state index contributed by atoms with van der Waals surface area (Å²) in [6, 6.07) is 0. The minimum Gasteiger partial charge on any atom is -0.361 e. The van der Waals surface area contributed by atoms with E-state index in [0.717, 1.165) is 41.9 Å². The number of hydrogen-bond donors (Lipinski definition) is 2. The number of guanidine groups is 1. The van der Waals surface area contributed by atoms with Crippen LogP contribution in [0.2, 0.25) is 0 Å². The minimum absolute atomic E-state index is 0.644. The summed E-state index contributed by atoms with van der Waals surface area (Å²) < 4.78 is 7.24. The highest BCUT2D eigenvalue weighted by atomic mass is 16.5. The molecule has 0 fully saturated rings. The summed E-state index contributed by atoms with van der Waals surface area (Å²) in [4.78, 5) is 8.40. The summed E-state index contributed by atoms with van der Waals surface area (Å²) in [5.41, 5.74) is 1.98. The van der Waals surface area contributed by atoms with Crippen molar-refractivity contribution in [3.05, 3.63) is 35.2 Å². The Morgan fingerprint density at radius 2 is 2.14 bits per heavy atom. The van der Waals surface area contributed by atoms with Gasteiger partial charge in [0.2, 0.25) is 0 Å². The smallest absolute Gasteiger partial charge is 0.191 e. The first-order valence-electron chi connectivity index (χ1n) is 6.95. The van der Waals surface area contributed by atoms with Crippen molar-refractivity contribution in [2.75, 3.05) is 13.6 Å². The molecule has 0 aromatic carbocycles. The highest BCUT2D eigenvalue weighted by Crippen LogP contribution is 2.11. The van der Waals surface area contributed by atoms with Crippen LogP contribution in [-0.4, -0.2) is 34.3 Å². The van der Waals surface area contributed by atoms with E-state index in [2.05, 4.69) is 30.3 Å². The second kappa shape index (κ2) is 6.92. The van der Waals surface area contributed by atoms with Gasteiger partial charge in [0.1, 0.15) is 11.6 Å². The van der Waals surface area contributed by atoms with Crippen LogP contribution < -0.4 is 10.6 Å². The van der Waals surface area contributed by atoms with E-state index in [1.165, 1.54) is 0 Å². The van der Waals surface area contributed by atoms with Gasteiger partial charge in [-0.15, -0.1) is 0 Å². The Labute approximate surface area is 124 Å². The Hall–Kier alpha value is -2.31. The van der Waals surface area contributed by atoms with Gasteiger partial charge in [0.05, 0.1) is 5.69 Å². The van der Waals surface area contributed by atoms with Crippen molar-refractivity contribution < 1.29 is 4.52 Å². The summed E-state index contributed by atoms with van der Waals surface area (Å²) in [7, 11) is 1.76. The molecule has 0 amide bonds. The third kappa shape index (κ3) is 3.84. The molecule has 7 nitrogen and oxygen atoms in total. The van der Waals surface area contributed by atoms with Crippen molar-refractivity contribution in [1.82, 2.24) is 25.3 Å². The molecule has 0 aliphatic carbocycles. The number of aryl methyl sites for hydroxylation is 3. The fourth-order valence-electron chi connectivity index (χ4n) is 2.08. The Bertz CT molecular complexity index is 593. The van der Waals surface area contributed by atoms with Crippen molar-refractivity contribution in [3.63, 3.8) is 0 Å². The first-order chi connectivity index (χ1) is 10.1. The number of imidazole rings is 1. The predicted octanol–water partition coefficient (Wildman–Crippen LogP) is 1.16. The van der Waals surface area contributed by atoms with Gasteiger partial charge in [0.15, 0.2) is 5.96 Å². The molecule has 2 aromatic rings. The standard InChI is InChI=1S/C14H22N6O/c1-10-13(11(2)21-19-10)9-18-14(15-4)17-6-8-20-7-5-16-12(20)3/h5,7H,6,8-9H2,1-4H3,(H2,15,17,18). The van der Waals surface area contributed by atoms with Gasteiger partial charge in [-0.3, -0.25) is 4.99 Å². The molecule has 2 rings (SSSR count). The zero-order valence-corrected chi connectivity index (χ0v) is 13.0. The van der Waals surface area contributed by atoms with Gasteiger partial charge in [-0.2, -0.15) is 0 Å². The lowest BCUT2D eigenvalue weighted by molar-refractivity contribution is 0.392. The monoisotopic (exact) mass is 290 g/mol. The number of aliphatic imine (C=N–C) groups is 1. The third-order valence-electron chi connectivity index (χ3n) is 3.41. The van der Waals surface area contributed by atoms with E-state index in [1.807, 2.05) is 27.0 Å². The van der Waals surface area contributed by atoms with E-state index in [0.29, 0.717) is 6.54 Å². The lowest BCUT2D eigenvalue weighted by atomic mass is 10.2. The summed E-state index contributed by atoms with van der Waals surface area (Å²) >= 11 is 0. The van der Waals surface area contributed by atoms with Gasteiger partial charge < -0.3 is 19.7 Å². The molecule has 0 spiro atoms. The second-order valence-corrected chi connectivity index (χ2v) is 4.82. The van der Waals surface area contributed by atoms with Crippen LogP contribution in [0, 0.1) is 20.8 Å². The molecule has 0 radical (unpaired) electrons. The molecular formula is C14H22N6O. The molecule has 2 N–H and O–H groups in total. The molecule has 7 heteroatoms. The van der Waals surface area contributed by atoms with E-state index >= 15 is 0 Å². The molecule has 0 saturated heterocycles. The number of aromatic nitrogens is 3. The normalized spacial score (nSPS) is 11.7. The molecule has 114 valence electrons.